The molecule has 1 aliphatic heterocycles. The maximum absolute atomic E-state index is 6.41. The molecule has 6 aromatic carbocycles. The molecule has 0 saturated carbocycles. The van der Waals surface area contributed by atoms with Crippen molar-refractivity contribution in [3.8, 4) is 22.6 Å². The van der Waals surface area contributed by atoms with Gasteiger partial charge in [-0.1, -0.05) is 0 Å². The molecule has 32 heavy (non-hydrogen) atoms. The first-order valence-corrected chi connectivity index (χ1v) is 11.4. The number of fused-ring (bicyclic) bond motifs is 13. The first kappa shape index (κ1) is 19.5. The molecule has 0 amide bonds. The van der Waals surface area contributed by atoms with Gasteiger partial charge in [0, 0.05) is 0 Å². The van der Waals surface area contributed by atoms with Gasteiger partial charge in [0.25, 0.3) is 0 Å². The topological polar surface area (TPSA) is 18.5 Å². The average molecular weight is 444 g/mol. The summed E-state index contributed by atoms with van der Waals surface area (Å²) in [5.74, 6) is 1.87. The van der Waals surface area contributed by atoms with E-state index in [0.717, 1.165) is 33.4 Å². The molecule has 0 bridgehead atoms. The fraction of sp³-hybridized carbons (Fsp3) is 0. The molecule has 6 aromatic rings. The number of hydrogen-bond acceptors (Lipinski definition) is 3. The van der Waals surface area contributed by atoms with Crippen molar-refractivity contribution < 1.29 is 7.58 Å². The van der Waals surface area contributed by atoms with E-state index in [4.69, 9.17) is 7.58 Å². The summed E-state index contributed by atoms with van der Waals surface area (Å²) in [6, 6.07) is 34.3. The second kappa shape index (κ2) is 7.46. The summed E-state index contributed by atoms with van der Waals surface area (Å²) in [6.45, 7) is 0. The van der Waals surface area contributed by atoms with E-state index in [1.165, 1.54) is 32.3 Å². The second-order valence-electron chi connectivity index (χ2n) is 7.92. The summed E-state index contributed by atoms with van der Waals surface area (Å²) in [6.07, 6.45) is 0. The molecular formula is C28H17AlO2S. The van der Waals surface area contributed by atoms with Gasteiger partial charge in [0.15, 0.2) is 0 Å². The van der Waals surface area contributed by atoms with Crippen LogP contribution in [0.5, 0.6) is 11.5 Å². The molecule has 1 heterocycles. The molecule has 0 spiro atoms. The molecule has 7 rings (SSSR count). The fourth-order valence-corrected chi connectivity index (χ4v) is 5.81. The van der Waals surface area contributed by atoms with E-state index in [1.807, 2.05) is 0 Å². The number of benzene rings is 6. The van der Waals surface area contributed by atoms with Crippen LogP contribution >= 0.6 is 0 Å². The van der Waals surface area contributed by atoms with Crippen molar-refractivity contribution in [2.45, 2.75) is 0 Å². The zero-order valence-electron chi connectivity index (χ0n) is 17.1. The van der Waals surface area contributed by atoms with Gasteiger partial charge in [-0.15, -0.1) is 0 Å². The van der Waals surface area contributed by atoms with Gasteiger partial charge in [0.2, 0.25) is 0 Å². The molecule has 2 nitrogen and oxygen atoms in total. The number of hydrogen-bond donors (Lipinski definition) is 0. The Morgan fingerprint density at radius 3 is 1.03 bits per heavy atom. The molecule has 4 heteroatoms. The molecular weight excluding hydrogens is 427 g/mol. The zero-order valence-corrected chi connectivity index (χ0v) is 19.1. The van der Waals surface area contributed by atoms with Gasteiger partial charge in [-0.25, -0.2) is 0 Å². The molecule has 150 valence electrons. The van der Waals surface area contributed by atoms with Crippen molar-refractivity contribution in [2.75, 3.05) is 0 Å². The molecule has 0 radical (unpaired) electrons. The minimum atomic E-state index is -0.678. The van der Waals surface area contributed by atoms with E-state index in [1.54, 1.807) is 0 Å². The third-order valence-corrected chi connectivity index (χ3v) is 7.02. The van der Waals surface area contributed by atoms with Gasteiger partial charge >= 0.3 is 186 Å². The monoisotopic (exact) mass is 444 g/mol. The molecule has 0 N–H and O–H groups in total. The van der Waals surface area contributed by atoms with E-state index in [9.17, 15) is 0 Å². The Labute approximate surface area is 199 Å². The van der Waals surface area contributed by atoms with Gasteiger partial charge in [-0.3, -0.25) is 0 Å². The Balaban J connectivity index is 0.00000196. The summed E-state index contributed by atoms with van der Waals surface area (Å²) in [5.41, 5.74) is 2.27. The van der Waals surface area contributed by atoms with Gasteiger partial charge in [-0.2, -0.15) is 0 Å². The minimum absolute atomic E-state index is 0. The van der Waals surface area contributed by atoms with Crippen LogP contribution in [0, 0.1) is 0 Å². The van der Waals surface area contributed by atoms with E-state index >= 15 is 0 Å². The van der Waals surface area contributed by atoms with Crippen LogP contribution in [-0.4, -0.2) is 15.9 Å². The number of thiol groups is 1. The Hall–Kier alpha value is -3.16. The SMILES string of the molecule is [SH-].c1ccc2c(c1)c1c(c3ccccc32)-c2c(c3ccccc3c3ccccc23)[O][Al+][O]1. The van der Waals surface area contributed by atoms with Crippen molar-refractivity contribution in [3.05, 3.63) is 97.1 Å². The summed E-state index contributed by atoms with van der Waals surface area (Å²) < 4.78 is 12.8. The Kier molecular flexibility index (Phi) is 4.55. The van der Waals surface area contributed by atoms with Crippen LogP contribution in [0.15, 0.2) is 97.1 Å². The molecule has 0 unspecified atom stereocenters. The molecule has 0 fully saturated rings. The predicted octanol–water partition coefficient (Wildman–Crippen LogP) is 7.00. The van der Waals surface area contributed by atoms with Crippen LogP contribution in [-0.2, 0) is 13.5 Å². The van der Waals surface area contributed by atoms with E-state index < -0.39 is 15.9 Å². The van der Waals surface area contributed by atoms with Crippen LogP contribution < -0.4 is 7.58 Å². The van der Waals surface area contributed by atoms with E-state index in [0.29, 0.717) is 0 Å². The quantitative estimate of drug-likeness (QED) is 0.109. The molecule has 0 atom stereocenters. The predicted molar refractivity (Wildman–Crippen MR) is 138 cm³/mol. The second-order valence-corrected chi connectivity index (χ2v) is 8.59. The Bertz CT molecular complexity index is 1550. The summed E-state index contributed by atoms with van der Waals surface area (Å²) in [5, 5.41) is 9.57. The van der Waals surface area contributed by atoms with Gasteiger partial charge in [-0.05, 0) is 0 Å². The molecule has 0 saturated heterocycles. The summed E-state index contributed by atoms with van der Waals surface area (Å²) in [4.78, 5) is 0. The van der Waals surface area contributed by atoms with Gasteiger partial charge in [0.1, 0.15) is 0 Å². The van der Waals surface area contributed by atoms with Gasteiger partial charge in [0.05, 0.1) is 0 Å². The summed E-state index contributed by atoms with van der Waals surface area (Å²) in [7, 11) is 0. The van der Waals surface area contributed by atoms with Crippen molar-refractivity contribution >= 4 is 72.5 Å². The van der Waals surface area contributed by atoms with Crippen molar-refractivity contribution in [1.82, 2.24) is 0 Å². The van der Waals surface area contributed by atoms with E-state index in [2.05, 4.69) is 97.1 Å². The number of rotatable bonds is 0. The van der Waals surface area contributed by atoms with Crippen molar-refractivity contribution in [2.24, 2.45) is 0 Å². The Morgan fingerprint density at radius 2 is 0.656 bits per heavy atom. The normalized spacial score (nSPS) is 12.0. The molecule has 0 aromatic heterocycles. The maximum atomic E-state index is 6.41. The van der Waals surface area contributed by atoms with Crippen molar-refractivity contribution in [3.63, 3.8) is 0 Å². The average Bonchev–Trinajstić information content (AvgIpc) is 3.05. The first-order valence-electron chi connectivity index (χ1n) is 10.4. The van der Waals surface area contributed by atoms with E-state index in [-0.39, 0.29) is 13.5 Å². The van der Waals surface area contributed by atoms with Crippen LogP contribution in [0.2, 0.25) is 0 Å². The Morgan fingerprint density at radius 1 is 0.375 bits per heavy atom. The van der Waals surface area contributed by atoms with Crippen LogP contribution in [0.25, 0.3) is 54.2 Å². The van der Waals surface area contributed by atoms with Crippen LogP contribution in [0.4, 0.5) is 0 Å². The van der Waals surface area contributed by atoms with Crippen LogP contribution in [0.3, 0.4) is 0 Å². The molecule has 1 aliphatic rings. The zero-order chi connectivity index (χ0) is 20.4. The van der Waals surface area contributed by atoms with Gasteiger partial charge < -0.3 is 13.5 Å². The summed E-state index contributed by atoms with van der Waals surface area (Å²) >= 11 is -0.678. The third kappa shape index (κ3) is 2.61. The third-order valence-electron chi connectivity index (χ3n) is 6.35. The molecule has 0 aliphatic carbocycles. The standard InChI is InChI=1S/C28H18O2.Al.H2S/c29-27-23-15-7-3-11-19(23)17-9-1-5-13-21(17)25(27)26-22-14-6-2-10-18(22)20-12-4-8-16-24(20)28(26)30;;/h1-16,29-30H;;1H2/q;+3;/p-3. The first-order chi connectivity index (χ1) is 15.4. The fourth-order valence-electron chi connectivity index (χ4n) is 5.08. The van der Waals surface area contributed by atoms with Crippen molar-refractivity contribution in [1.29, 1.82) is 0 Å². The van der Waals surface area contributed by atoms with Crippen LogP contribution in [0.1, 0.15) is 0 Å².